The number of benzene rings is 1. The first-order valence-electron chi connectivity index (χ1n) is 8.79. The number of aromatic hydroxyl groups is 1. The minimum atomic E-state index is -0.396. The molecule has 3 rings (SSSR count). The fourth-order valence-electron chi connectivity index (χ4n) is 4.50. The Bertz CT molecular complexity index is 649. The molecule has 138 valence electrons. The topological polar surface area (TPSA) is 56.3 Å². The number of esters is 1. The Morgan fingerprint density at radius 1 is 1.36 bits per heavy atom. The number of phenolic OH excluding ortho intramolecular Hbond substituents is 1. The van der Waals surface area contributed by atoms with E-state index in [0.29, 0.717) is 18.2 Å². The highest BCUT2D eigenvalue weighted by Crippen LogP contribution is 2.43. The van der Waals surface area contributed by atoms with E-state index < -0.39 is 5.41 Å². The molecule has 6 nitrogen and oxygen atoms in total. The third-order valence-corrected chi connectivity index (χ3v) is 5.48. The van der Waals surface area contributed by atoms with Crippen molar-refractivity contribution in [1.29, 1.82) is 0 Å². The third kappa shape index (κ3) is 3.52. The molecule has 2 heterocycles. The van der Waals surface area contributed by atoms with Gasteiger partial charge in [-0.15, -0.1) is 0 Å². The number of ether oxygens (including phenoxy) is 1. The van der Waals surface area contributed by atoms with Gasteiger partial charge < -0.3 is 19.6 Å². The lowest BCUT2D eigenvalue weighted by Gasteiger charge is -2.26. The summed E-state index contributed by atoms with van der Waals surface area (Å²) in [6.07, 6.45) is 0. The second-order valence-electron chi connectivity index (χ2n) is 7.91. The Hall–Kier alpha value is -1.63. The molecule has 2 aliphatic rings. The number of fused-ring (bicyclic) bond motifs is 1. The smallest absolute Gasteiger partial charge is 0.314 e. The molecule has 2 atom stereocenters. The first kappa shape index (κ1) is 18.2. The van der Waals surface area contributed by atoms with E-state index in [1.165, 1.54) is 12.7 Å². The van der Waals surface area contributed by atoms with Gasteiger partial charge in [0.05, 0.1) is 12.5 Å². The highest BCUT2D eigenvalue weighted by atomic mass is 16.5. The highest BCUT2D eigenvalue weighted by Gasteiger charge is 2.57. The van der Waals surface area contributed by atoms with E-state index in [4.69, 9.17) is 4.74 Å². The Balaban J connectivity index is 1.74. The summed E-state index contributed by atoms with van der Waals surface area (Å²) in [6, 6.07) is 5.81. The number of hydrogen-bond acceptors (Lipinski definition) is 6. The van der Waals surface area contributed by atoms with Gasteiger partial charge in [-0.2, -0.15) is 0 Å². The molecular weight excluding hydrogens is 318 g/mol. The maximum Gasteiger partial charge on any atom is 0.314 e. The number of likely N-dealkylation sites (tertiary alicyclic amines) is 2. The molecule has 0 saturated carbocycles. The third-order valence-electron chi connectivity index (χ3n) is 5.48. The van der Waals surface area contributed by atoms with E-state index in [-0.39, 0.29) is 5.97 Å². The molecule has 1 N–H and O–H groups in total. The van der Waals surface area contributed by atoms with Crippen molar-refractivity contribution in [1.82, 2.24) is 14.7 Å². The van der Waals surface area contributed by atoms with Crippen molar-refractivity contribution in [3.63, 3.8) is 0 Å². The van der Waals surface area contributed by atoms with Crippen molar-refractivity contribution in [2.75, 3.05) is 54.4 Å². The Labute approximate surface area is 150 Å². The highest BCUT2D eigenvalue weighted by molar-refractivity contribution is 5.79. The number of carbonyl (C=O) groups excluding carboxylic acids is 1. The molecule has 0 unspecified atom stereocenters. The second kappa shape index (κ2) is 6.94. The van der Waals surface area contributed by atoms with Crippen molar-refractivity contribution in [3.8, 4) is 5.75 Å². The molecule has 2 aliphatic heterocycles. The first-order valence-corrected chi connectivity index (χ1v) is 8.79. The molecule has 2 saturated heterocycles. The molecule has 0 aromatic heterocycles. The number of nitrogens with zero attached hydrogens (tertiary/aromatic N) is 3. The number of carbonyl (C=O) groups is 1. The minimum absolute atomic E-state index is 0.0802. The van der Waals surface area contributed by atoms with Crippen LogP contribution in [0, 0.1) is 11.3 Å². The Morgan fingerprint density at radius 2 is 2.12 bits per heavy atom. The van der Waals surface area contributed by atoms with E-state index >= 15 is 0 Å². The van der Waals surface area contributed by atoms with Crippen LogP contribution in [-0.2, 0) is 22.6 Å². The largest absolute Gasteiger partial charge is 0.508 e. The summed E-state index contributed by atoms with van der Waals surface area (Å²) in [5.74, 6) is 0.579. The van der Waals surface area contributed by atoms with E-state index in [9.17, 15) is 9.90 Å². The van der Waals surface area contributed by atoms with Crippen LogP contribution in [0.3, 0.4) is 0 Å². The summed E-state index contributed by atoms with van der Waals surface area (Å²) >= 11 is 0. The normalized spacial score (nSPS) is 27.0. The average molecular weight is 347 g/mol. The van der Waals surface area contributed by atoms with Gasteiger partial charge >= 0.3 is 5.97 Å². The standard InChI is InChI=1S/C19H29N3O3/c1-20(2)9-15-7-14(5-6-17(15)23)8-22-11-16-10-21(3)12-19(16,13-22)18(24)25-4/h5-7,16,23H,8-13H2,1-4H3/t16-,19-/m0/s1. The van der Waals surface area contributed by atoms with Gasteiger partial charge in [0.25, 0.3) is 0 Å². The average Bonchev–Trinajstić information content (AvgIpc) is 3.02. The summed E-state index contributed by atoms with van der Waals surface area (Å²) < 4.78 is 5.13. The van der Waals surface area contributed by atoms with Crippen LogP contribution in [0.1, 0.15) is 11.1 Å². The lowest BCUT2D eigenvalue weighted by molar-refractivity contribution is -0.152. The molecule has 0 spiro atoms. The summed E-state index contributed by atoms with van der Waals surface area (Å²) in [5, 5.41) is 10.0. The zero-order valence-electron chi connectivity index (χ0n) is 15.7. The predicted octanol–water partition coefficient (Wildman–Crippen LogP) is 0.990. The van der Waals surface area contributed by atoms with Gasteiger partial charge in [-0.3, -0.25) is 9.69 Å². The zero-order valence-corrected chi connectivity index (χ0v) is 15.7. The monoisotopic (exact) mass is 347 g/mol. The number of phenols is 1. The Kier molecular flexibility index (Phi) is 5.04. The van der Waals surface area contributed by atoms with Gasteiger partial charge in [-0.25, -0.2) is 0 Å². The van der Waals surface area contributed by atoms with Gasteiger partial charge in [-0.1, -0.05) is 6.07 Å². The molecule has 0 amide bonds. The number of methoxy groups -OCH3 is 1. The van der Waals surface area contributed by atoms with Crippen molar-refractivity contribution in [2.45, 2.75) is 13.1 Å². The summed E-state index contributed by atoms with van der Waals surface area (Å²) in [5.41, 5.74) is 1.71. The molecule has 1 aromatic rings. The molecule has 0 aliphatic carbocycles. The quantitative estimate of drug-likeness (QED) is 0.802. The van der Waals surface area contributed by atoms with E-state index in [1.807, 2.05) is 25.1 Å². The van der Waals surface area contributed by atoms with Crippen LogP contribution in [0.15, 0.2) is 18.2 Å². The number of hydrogen-bond donors (Lipinski definition) is 1. The van der Waals surface area contributed by atoms with Gasteiger partial charge in [0.15, 0.2) is 0 Å². The lowest BCUT2D eigenvalue weighted by Crippen LogP contribution is -2.41. The van der Waals surface area contributed by atoms with Gasteiger partial charge in [0, 0.05) is 50.7 Å². The fraction of sp³-hybridized carbons (Fsp3) is 0.632. The summed E-state index contributed by atoms with van der Waals surface area (Å²) in [6.45, 7) is 4.84. The summed E-state index contributed by atoms with van der Waals surface area (Å²) in [7, 11) is 7.54. The Morgan fingerprint density at radius 3 is 2.80 bits per heavy atom. The lowest BCUT2D eigenvalue weighted by atomic mass is 9.81. The van der Waals surface area contributed by atoms with Crippen LogP contribution in [0.5, 0.6) is 5.75 Å². The molecular formula is C19H29N3O3. The zero-order chi connectivity index (χ0) is 18.2. The molecule has 0 bridgehead atoms. The van der Waals surface area contributed by atoms with E-state index in [2.05, 4.69) is 22.9 Å². The second-order valence-corrected chi connectivity index (χ2v) is 7.91. The summed E-state index contributed by atoms with van der Waals surface area (Å²) in [4.78, 5) is 19.1. The molecule has 6 heteroatoms. The first-order chi connectivity index (χ1) is 11.8. The van der Waals surface area contributed by atoms with Crippen LogP contribution < -0.4 is 0 Å². The molecule has 0 radical (unpaired) electrons. The van der Waals surface area contributed by atoms with E-state index in [0.717, 1.165) is 38.3 Å². The number of rotatable bonds is 5. The molecule has 2 fully saturated rings. The van der Waals surface area contributed by atoms with Crippen molar-refractivity contribution >= 4 is 5.97 Å². The van der Waals surface area contributed by atoms with Gasteiger partial charge in [-0.05, 0) is 38.8 Å². The maximum absolute atomic E-state index is 12.5. The van der Waals surface area contributed by atoms with Crippen molar-refractivity contribution in [2.24, 2.45) is 11.3 Å². The van der Waals surface area contributed by atoms with Gasteiger partial charge in [0.1, 0.15) is 5.75 Å². The fourth-order valence-corrected chi connectivity index (χ4v) is 4.50. The van der Waals surface area contributed by atoms with Crippen molar-refractivity contribution < 1.29 is 14.6 Å². The molecule has 25 heavy (non-hydrogen) atoms. The van der Waals surface area contributed by atoms with Crippen molar-refractivity contribution in [3.05, 3.63) is 29.3 Å². The van der Waals surface area contributed by atoms with E-state index in [1.54, 1.807) is 6.07 Å². The minimum Gasteiger partial charge on any atom is -0.508 e. The maximum atomic E-state index is 12.5. The SMILES string of the molecule is COC(=O)[C@]12CN(C)C[C@H]1CN(Cc1ccc(O)c(CN(C)C)c1)C2. The van der Waals surface area contributed by atoms with Crippen LogP contribution in [0.25, 0.3) is 0 Å². The van der Waals surface area contributed by atoms with Crippen LogP contribution in [0.2, 0.25) is 0 Å². The van der Waals surface area contributed by atoms with Crippen LogP contribution in [-0.4, -0.2) is 80.2 Å². The van der Waals surface area contributed by atoms with Crippen LogP contribution >= 0.6 is 0 Å². The van der Waals surface area contributed by atoms with Gasteiger partial charge in [0.2, 0.25) is 0 Å². The van der Waals surface area contributed by atoms with Crippen LogP contribution in [0.4, 0.5) is 0 Å². The predicted molar refractivity (Wildman–Crippen MR) is 96.2 cm³/mol. The molecule has 1 aromatic carbocycles.